The molecule has 0 N–H and O–H groups in total. The number of benzene rings is 2. The molecule has 3 rings (SSSR count). The first kappa shape index (κ1) is 23.7. The van der Waals surface area contributed by atoms with E-state index in [9.17, 15) is 18.8 Å². The molecule has 8 nitrogen and oxygen atoms in total. The third kappa shape index (κ3) is 6.07. The number of amides is 2. The third-order valence-corrected chi connectivity index (χ3v) is 5.14. The third-order valence-electron chi connectivity index (χ3n) is 5.14. The first-order chi connectivity index (χ1) is 15.9. The minimum Gasteiger partial charge on any atom is -0.494 e. The lowest BCUT2D eigenvalue weighted by atomic mass is 10.1. The van der Waals surface area contributed by atoms with E-state index in [1.54, 1.807) is 24.3 Å². The number of rotatable bonds is 9. The van der Waals surface area contributed by atoms with Crippen molar-refractivity contribution in [3.8, 4) is 11.8 Å². The molecular formula is C24H24FN3O5. The Hall–Kier alpha value is -3.93. The highest BCUT2D eigenvalue weighted by Gasteiger charge is 2.36. The summed E-state index contributed by atoms with van der Waals surface area (Å²) in [6.07, 6.45) is 0.0432. The fourth-order valence-electron chi connectivity index (χ4n) is 3.51. The molecule has 1 aliphatic heterocycles. The zero-order valence-corrected chi connectivity index (χ0v) is 18.2. The van der Waals surface area contributed by atoms with Gasteiger partial charge in [-0.25, -0.2) is 4.39 Å². The predicted octanol–water partition coefficient (Wildman–Crippen LogP) is 3.07. The standard InChI is InChI=1S/C24H24FN3O5/c1-2-32-21-10-8-20(9-11-21)28-15-17(14-22(28)29)24(31)33-16-23(30)27(13-3-12-26)19-6-4-18(25)5-7-19/h4-11,17H,2-3,13-16H2,1H3. The lowest BCUT2D eigenvalue weighted by Gasteiger charge is -2.22. The van der Waals surface area contributed by atoms with Gasteiger partial charge in [0.05, 0.1) is 25.0 Å². The van der Waals surface area contributed by atoms with Gasteiger partial charge in [-0.2, -0.15) is 5.26 Å². The van der Waals surface area contributed by atoms with Crippen molar-refractivity contribution >= 4 is 29.2 Å². The number of hydrogen-bond donors (Lipinski definition) is 0. The molecule has 33 heavy (non-hydrogen) atoms. The largest absolute Gasteiger partial charge is 0.494 e. The van der Waals surface area contributed by atoms with E-state index in [2.05, 4.69) is 0 Å². The van der Waals surface area contributed by atoms with Gasteiger partial charge >= 0.3 is 5.97 Å². The topological polar surface area (TPSA) is 99.9 Å². The summed E-state index contributed by atoms with van der Waals surface area (Å²) in [4.78, 5) is 40.4. The second-order valence-corrected chi connectivity index (χ2v) is 7.37. The summed E-state index contributed by atoms with van der Waals surface area (Å²) >= 11 is 0. The Labute approximate surface area is 191 Å². The van der Waals surface area contributed by atoms with Crippen LogP contribution >= 0.6 is 0 Å². The molecule has 2 amide bonds. The SMILES string of the molecule is CCOc1ccc(N2CC(C(=O)OCC(=O)N(CCC#N)c3ccc(F)cc3)CC2=O)cc1. The normalized spacial score (nSPS) is 15.1. The van der Waals surface area contributed by atoms with Crippen LogP contribution in [0.2, 0.25) is 0 Å². The van der Waals surface area contributed by atoms with E-state index in [1.807, 2.05) is 13.0 Å². The molecular weight excluding hydrogens is 429 g/mol. The molecule has 172 valence electrons. The van der Waals surface area contributed by atoms with Gasteiger partial charge in [-0.1, -0.05) is 0 Å². The van der Waals surface area contributed by atoms with Gasteiger partial charge in [0.1, 0.15) is 11.6 Å². The highest BCUT2D eigenvalue weighted by Crippen LogP contribution is 2.27. The van der Waals surface area contributed by atoms with Gasteiger partial charge in [-0.15, -0.1) is 0 Å². The van der Waals surface area contributed by atoms with Crippen LogP contribution in [0.3, 0.4) is 0 Å². The number of hydrogen-bond acceptors (Lipinski definition) is 6. The fourth-order valence-corrected chi connectivity index (χ4v) is 3.51. The van der Waals surface area contributed by atoms with Crippen molar-refractivity contribution < 1.29 is 28.2 Å². The number of nitrogens with zero attached hydrogens (tertiary/aromatic N) is 3. The predicted molar refractivity (Wildman–Crippen MR) is 118 cm³/mol. The Morgan fingerprint density at radius 2 is 1.88 bits per heavy atom. The maximum Gasteiger partial charge on any atom is 0.311 e. The Bertz CT molecular complexity index is 1030. The molecule has 1 atom stereocenters. The second kappa shape index (κ2) is 11.1. The molecule has 1 fully saturated rings. The molecule has 1 saturated heterocycles. The maximum atomic E-state index is 13.2. The van der Waals surface area contributed by atoms with Crippen molar-refractivity contribution in [1.82, 2.24) is 0 Å². The van der Waals surface area contributed by atoms with Gasteiger partial charge in [0, 0.05) is 30.9 Å². The van der Waals surface area contributed by atoms with E-state index < -0.39 is 30.2 Å². The minimum atomic E-state index is -0.699. The van der Waals surface area contributed by atoms with Crippen LogP contribution in [-0.2, 0) is 19.1 Å². The van der Waals surface area contributed by atoms with Gasteiger partial charge in [-0.05, 0) is 55.5 Å². The number of carbonyl (C=O) groups is 3. The molecule has 1 aliphatic rings. The lowest BCUT2D eigenvalue weighted by Crippen LogP contribution is -2.36. The van der Waals surface area contributed by atoms with Gasteiger partial charge in [0.15, 0.2) is 6.61 Å². The number of nitriles is 1. The van der Waals surface area contributed by atoms with Crippen LogP contribution in [0.4, 0.5) is 15.8 Å². The summed E-state index contributed by atoms with van der Waals surface area (Å²) in [6, 6.07) is 14.2. The highest BCUT2D eigenvalue weighted by molar-refractivity contribution is 6.00. The molecule has 2 aromatic rings. The van der Waals surface area contributed by atoms with E-state index in [0.29, 0.717) is 23.7 Å². The van der Waals surface area contributed by atoms with Crippen LogP contribution in [0.1, 0.15) is 19.8 Å². The van der Waals surface area contributed by atoms with E-state index in [4.69, 9.17) is 14.7 Å². The Morgan fingerprint density at radius 3 is 2.52 bits per heavy atom. The molecule has 0 bridgehead atoms. The summed E-state index contributed by atoms with van der Waals surface area (Å²) in [5.41, 5.74) is 1.04. The lowest BCUT2D eigenvalue weighted by molar-refractivity contribution is -0.151. The first-order valence-electron chi connectivity index (χ1n) is 10.6. The van der Waals surface area contributed by atoms with Crippen LogP contribution in [0.25, 0.3) is 0 Å². The van der Waals surface area contributed by atoms with Gasteiger partial charge in [-0.3, -0.25) is 14.4 Å². The number of esters is 1. The molecule has 0 aromatic heterocycles. The summed E-state index contributed by atoms with van der Waals surface area (Å²) in [7, 11) is 0. The molecule has 0 spiro atoms. The Balaban J connectivity index is 1.58. The first-order valence-corrected chi connectivity index (χ1v) is 10.6. The number of ether oxygens (including phenoxy) is 2. The van der Waals surface area contributed by atoms with Crippen LogP contribution < -0.4 is 14.5 Å². The Morgan fingerprint density at radius 1 is 1.18 bits per heavy atom. The van der Waals surface area contributed by atoms with Crippen LogP contribution in [0.15, 0.2) is 48.5 Å². The van der Waals surface area contributed by atoms with Crippen LogP contribution in [0, 0.1) is 23.1 Å². The molecule has 1 unspecified atom stereocenters. The van der Waals surface area contributed by atoms with Gasteiger partial charge < -0.3 is 19.3 Å². The summed E-state index contributed by atoms with van der Waals surface area (Å²) < 4.78 is 23.8. The van der Waals surface area contributed by atoms with E-state index in [-0.39, 0.29) is 31.8 Å². The Kier molecular flexibility index (Phi) is 7.97. The van der Waals surface area contributed by atoms with E-state index in [1.165, 1.54) is 34.1 Å². The average molecular weight is 453 g/mol. The molecule has 0 saturated carbocycles. The van der Waals surface area contributed by atoms with Crippen LogP contribution in [0.5, 0.6) is 5.75 Å². The summed E-state index contributed by atoms with van der Waals surface area (Å²) in [5.74, 6) is -1.88. The number of carbonyl (C=O) groups excluding carboxylic acids is 3. The van der Waals surface area contributed by atoms with Crippen molar-refractivity contribution in [3.63, 3.8) is 0 Å². The smallest absolute Gasteiger partial charge is 0.311 e. The van der Waals surface area contributed by atoms with E-state index in [0.717, 1.165) is 0 Å². The van der Waals surface area contributed by atoms with Gasteiger partial charge in [0.25, 0.3) is 5.91 Å². The molecule has 2 aromatic carbocycles. The van der Waals surface area contributed by atoms with Gasteiger partial charge in [0.2, 0.25) is 5.91 Å². The highest BCUT2D eigenvalue weighted by atomic mass is 19.1. The number of anilines is 2. The molecule has 1 heterocycles. The second-order valence-electron chi connectivity index (χ2n) is 7.37. The van der Waals surface area contributed by atoms with Crippen molar-refractivity contribution in [1.29, 1.82) is 5.26 Å². The zero-order chi connectivity index (χ0) is 23.8. The summed E-state index contributed by atoms with van der Waals surface area (Å²) in [5, 5.41) is 8.86. The van der Waals surface area contributed by atoms with Crippen molar-refractivity contribution in [2.45, 2.75) is 19.8 Å². The minimum absolute atomic E-state index is 0.0175. The fraction of sp³-hybridized carbons (Fsp3) is 0.333. The molecule has 0 radical (unpaired) electrons. The monoisotopic (exact) mass is 453 g/mol. The molecule has 9 heteroatoms. The van der Waals surface area contributed by atoms with Crippen molar-refractivity contribution in [2.75, 3.05) is 36.1 Å². The average Bonchev–Trinajstić information content (AvgIpc) is 3.21. The quantitative estimate of drug-likeness (QED) is 0.541. The van der Waals surface area contributed by atoms with Crippen molar-refractivity contribution in [2.24, 2.45) is 5.92 Å². The number of halogens is 1. The summed E-state index contributed by atoms with van der Waals surface area (Å²) in [6.45, 7) is 2.09. The van der Waals surface area contributed by atoms with Crippen molar-refractivity contribution in [3.05, 3.63) is 54.3 Å². The van der Waals surface area contributed by atoms with E-state index >= 15 is 0 Å². The maximum absolute atomic E-state index is 13.2. The van der Waals surface area contributed by atoms with Crippen LogP contribution in [-0.4, -0.2) is 44.1 Å². The zero-order valence-electron chi connectivity index (χ0n) is 18.2. The molecule has 0 aliphatic carbocycles.